The average Bonchev–Trinajstić information content (AvgIpc) is 2.81. The van der Waals surface area contributed by atoms with E-state index in [-0.39, 0.29) is 6.10 Å². The van der Waals surface area contributed by atoms with Crippen molar-refractivity contribution in [2.45, 2.75) is 65.8 Å². The second-order valence-electron chi connectivity index (χ2n) is 5.95. The zero-order chi connectivity index (χ0) is 15.2. The summed E-state index contributed by atoms with van der Waals surface area (Å²) < 4.78 is 12.0. The Morgan fingerprint density at radius 2 is 1.95 bits per heavy atom. The topological polar surface area (TPSA) is 34.4 Å². The van der Waals surface area contributed by atoms with Crippen LogP contribution in [0.2, 0.25) is 0 Å². The quantitative estimate of drug-likeness (QED) is 0.769. The number of hydrogen-bond acceptors (Lipinski definition) is 3. The zero-order valence-electron chi connectivity index (χ0n) is 13.6. The van der Waals surface area contributed by atoms with Gasteiger partial charge in [-0.15, -0.1) is 0 Å². The molecular weight excluding hydrogens is 262 g/mol. The van der Waals surface area contributed by atoms with E-state index < -0.39 is 0 Å². The first kappa shape index (κ1) is 16.1. The highest BCUT2D eigenvalue weighted by atomic mass is 16.5. The van der Waals surface area contributed by atoms with E-state index in [1.807, 2.05) is 12.1 Å². The van der Waals surface area contributed by atoms with Gasteiger partial charge in [-0.3, -0.25) is 0 Å². The zero-order valence-corrected chi connectivity index (χ0v) is 13.6. The Morgan fingerprint density at radius 1 is 1.19 bits per heavy atom. The van der Waals surface area contributed by atoms with Gasteiger partial charge >= 0.3 is 0 Å². The molecule has 0 fully saturated rings. The van der Waals surface area contributed by atoms with E-state index in [4.69, 9.17) is 9.15 Å². The summed E-state index contributed by atoms with van der Waals surface area (Å²) in [7, 11) is 0. The molecule has 0 aliphatic heterocycles. The lowest BCUT2D eigenvalue weighted by Gasteiger charge is -2.13. The number of furan rings is 1. The first-order valence-electron chi connectivity index (χ1n) is 7.96. The summed E-state index contributed by atoms with van der Waals surface area (Å²) >= 11 is 0. The first-order chi connectivity index (χ1) is 10.1. The van der Waals surface area contributed by atoms with Gasteiger partial charge in [0.1, 0.15) is 11.3 Å². The molecule has 116 valence electrons. The fourth-order valence-electron chi connectivity index (χ4n) is 2.46. The maximum atomic E-state index is 6.00. The average molecular weight is 289 g/mol. The highest BCUT2D eigenvalue weighted by Gasteiger charge is 2.15. The summed E-state index contributed by atoms with van der Waals surface area (Å²) in [6.07, 6.45) is 2.53. The third-order valence-electron chi connectivity index (χ3n) is 3.66. The van der Waals surface area contributed by atoms with Gasteiger partial charge in [0.05, 0.1) is 19.3 Å². The largest absolute Gasteiger partial charge is 0.459 e. The van der Waals surface area contributed by atoms with Crippen LogP contribution in [-0.4, -0.2) is 12.1 Å². The third-order valence-corrected chi connectivity index (χ3v) is 3.66. The minimum absolute atomic E-state index is 0.287. The fourth-order valence-corrected chi connectivity index (χ4v) is 2.46. The molecule has 2 aromatic rings. The maximum absolute atomic E-state index is 6.00. The van der Waals surface area contributed by atoms with Crippen LogP contribution in [0.25, 0.3) is 11.0 Å². The molecule has 0 radical (unpaired) electrons. The first-order valence-corrected chi connectivity index (χ1v) is 7.96. The van der Waals surface area contributed by atoms with Crippen LogP contribution in [0.1, 0.15) is 51.9 Å². The molecule has 2 rings (SSSR count). The van der Waals surface area contributed by atoms with Crippen molar-refractivity contribution >= 4 is 11.0 Å². The number of nitrogens with one attached hydrogen (secondary N) is 1. The third kappa shape index (κ3) is 4.32. The van der Waals surface area contributed by atoms with E-state index in [1.54, 1.807) is 0 Å². The molecule has 21 heavy (non-hydrogen) atoms. The number of benzene rings is 1. The molecule has 0 saturated carbocycles. The number of para-hydroxylation sites is 1. The van der Waals surface area contributed by atoms with E-state index in [2.05, 4.69) is 45.1 Å². The lowest BCUT2D eigenvalue weighted by atomic mass is 10.1. The smallest absolute Gasteiger partial charge is 0.134 e. The molecule has 1 atom stereocenters. The number of rotatable bonds is 8. The molecule has 0 bridgehead atoms. The van der Waals surface area contributed by atoms with Crippen molar-refractivity contribution in [1.82, 2.24) is 5.32 Å². The molecule has 0 amide bonds. The van der Waals surface area contributed by atoms with Crippen LogP contribution in [0, 0.1) is 0 Å². The lowest BCUT2D eigenvalue weighted by molar-refractivity contribution is 0.0468. The molecule has 1 aromatic carbocycles. The molecule has 3 heteroatoms. The Balaban J connectivity index is 2.18. The van der Waals surface area contributed by atoms with Crippen molar-refractivity contribution in [2.75, 3.05) is 0 Å². The predicted octanol–water partition coefficient (Wildman–Crippen LogP) is 4.64. The number of fused-ring (bicyclic) bond motifs is 1. The molecule has 0 aliphatic carbocycles. The van der Waals surface area contributed by atoms with Crippen LogP contribution in [0.15, 0.2) is 28.7 Å². The monoisotopic (exact) mass is 289 g/mol. The van der Waals surface area contributed by atoms with Crippen LogP contribution in [0.4, 0.5) is 0 Å². The molecule has 1 N–H and O–H groups in total. The van der Waals surface area contributed by atoms with Crippen molar-refractivity contribution in [1.29, 1.82) is 0 Å². The fraction of sp³-hybridized carbons (Fsp3) is 0.556. The maximum Gasteiger partial charge on any atom is 0.134 e. The minimum atomic E-state index is 0.287. The van der Waals surface area contributed by atoms with E-state index >= 15 is 0 Å². The van der Waals surface area contributed by atoms with Gasteiger partial charge in [-0.25, -0.2) is 0 Å². The van der Waals surface area contributed by atoms with E-state index in [9.17, 15) is 0 Å². The van der Waals surface area contributed by atoms with Gasteiger partial charge < -0.3 is 14.5 Å². The van der Waals surface area contributed by atoms with Gasteiger partial charge in [-0.05, 0) is 19.4 Å². The Bertz CT molecular complexity index is 559. The van der Waals surface area contributed by atoms with Gasteiger partial charge in [0.2, 0.25) is 0 Å². The van der Waals surface area contributed by atoms with Crippen molar-refractivity contribution in [3.05, 3.63) is 35.6 Å². The second kappa shape index (κ2) is 7.62. The summed E-state index contributed by atoms with van der Waals surface area (Å²) in [5, 5.41) is 4.59. The molecule has 0 aliphatic rings. The Morgan fingerprint density at radius 3 is 2.67 bits per heavy atom. The van der Waals surface area contributed by atoms with Gasteiger partial charge in [0.25, 0.3) is 0 Å². The number of ether oxygens (including phenoxy) is 1. The summed E-state index contributed by atoms with van der Waals surface area (Å²) in [6, 6.07) is 8.63. The summed E-state index contributed by atoms with van der Waals surface area (Å²) in [6.45, 7) is 9.97. The van der Waals surface area contributed by atoms with Gasteiger partial charge in [0.15, 0.2) is 0 Å². The highest BCUT2D eigenvalue weighted by molar-refractivity contribution is 5.82. The van der Waals surface area contributed by atoms with Crippen LogP contribution < -0.4 is 5.32 Å². The van der Waals surface area contributed by atoms with Gasteiger partial charge in [-0.2, -0.15) is 0 Å². The summed E-state index contributed by atoms with van der Waals surface area (Å²) in [5.74, 6) is 0.994. The number of hydrogen-bond donors (Lipinski definition) is 1. The summed E-state index contributed by atoms with van der Waals surface area (Å²) in [4.78, 5) is 0. The van der Waals surface area contributed by atoms with Crippen LogP contribution >= 0.6 is 0 Å². The van der Waals surface area contributed by atoms with Crippen molar-refractivity contribution in [3.63, 3.8) is 0 Å². The van der Waals surface area contributed by atoms with E-state index in [1.165, 1.54) is 10.9 Å². The molecular formula is C18H27NO2. The molecule has 0 spiro atoms. The second-order valence-corrected chi connectivity index (χ2v) is 5.95. The molecule has 3 nitrogen and oxygen atoms in total. The molecule has 1 heterocycles. The summed E-state index contributed by atoms with van der Waals surface area (Å²) in [5.41, 5.74) is 2.13. The lowest BCUT2D eigenvalue weighted by Crippen LogP contribution is -2.22. The Labute approximate surface area is 127 Å². The van der Waals surface area contributed by atoms with Gasteiger partial charge in [-0.1, -0.05) is 45.4 Å². The van der Waals surface area contributed by atoms with Crippen LogP contribution in [0.3, 0.4) is 0 Å². The van der Waals surface area contributed by atoms with Gasteiger partial charge in [0, 0.05) is 17.0 Å². The standard InChI is InChI=1S/C18H27NO2/c1-5-8-14(4)20-12-16-15-9-6-7-10-17(15)21-18(16)11-19-13(2)3/h6-7,9-10,13-14,19H,5,8,11-12H2,1-4H3. The van der Waals surface area contributed by atoms with Crippen molar-refractivity contribution in [3.8, 4) is 0 Å². The van der Waals surface area contributed by atoms with E-state index in [0.717, 1.165) is 30.7 Å². The van der Waals surface area contributed by atoms with Crippen molar-refractivity contribution in [2.24, 2.45) is 0 Å². The minimum Gasteiger partial charge on any atom is -0.459 e. The Hall–Kier alpha value is -1.32. The van der Waals surface area contributed by atoms with E-state index in [0.29, 0.717) is 12.6 Å². The van der Waals surface area contributed by atoms with Crippen LogP contribution in [0.5, 0.6) is 0 Å². The SMILES string of the molecule is CCCC(C)OCc1c(CNC(C)C)oc2ccccc12. The molecule has 1 unspecified atom stereocenters. The van der Waals surface area contributed by atoms with Crippen molar-refractivity contribution < 1.29 is 9.15 Å². The molecule has 0 saturated heterocycles. The molecule has 1 aromatic heterocycles. The predicted molar refractivity (Wildman–Crippen MR) is 87.3 cm³/mol. The Kier molecular flexibility index (Phi) is 5.83. The van der Waals surface area contributed by atoms with Crippen LogP contribution in [-0.2, 0) is 17.9 Å². The normalized spacial score (nSPS) is 13.2. The highest BCUT2D eigenvalue weighted by Crippen LogP contribution is 2.27.